The highest BCUT2D eigenvalue weighted by Gasteiger charge is 2.60. The molecule has 3 aliphatic carbocycles. The Balaban J connectivity index is 1.42. The second-order valence-corrected chi connectivity index (χ2v) is 12.2. The number of para-hydroxylation sites is 2. The lowest BCUT2D eigenvalue weighted by atomic mass is 9.55. The number of carbonyl (C=O) groups excluding carboxylic acids is 1. The van der Waals surface area contributed by atoms with Crippen molar-refractivity contribution in [1.29, 1.82) is 0 Å². The zero-order valence-electron chi connectivity index (χ0n) is 23.3. The van der Waals surface area contributed by atoms with Crippen LogP contribution in [0, 0.1) is 12.3 Å². The number of carboxylic acids is 1. The number of benzene rings is 3. The molecule has 3 saturated carbocycles. The third-order valence-electron chi connectivity index (χ3n) is 8.91. The Kier molecular flexibility index (Phi) is 7.58. The third kappa shape index (κ3) is 5.33. The Morgan fingerprint density at radius 1 is 1.00 bits per heavy atom. The van der Waals surface area contributed by atoms with Gasteiger partial charge in [-0.05, 0) is 68.5 Å². The molecular formula is C33H29BrF2N2O5. The van der Waals surface area contributed by atoms with Crippen molar-refractivity contribution in [3.05, 3.63) is 88.4 Å². The second-order valence-electron chi connectivity index (χ2n) is 11.3. The number of hydrogen-bond acceptors (Lipinski definition) is 5. The lowest BCUT2D eigenvalue weighted by Crippen LogP contribution is -2.67. The number of carboxylic acid groups (broad SMARTS) is 1. The van der Waals surface area contributed by atoms with E-state index in [1.807, 2.05) is 55.5 Å². The molecular weight excluding hydrogens is 622 g/mol. The first-order valence-corrected chi connectivity index (χ1v) is 14.8. The number of hydrogen-bond donors (Lipinski definition) is 2. The largest absolute Gasteiger partial charge is 0.484 e. The number of rotatable bonds is 8. The molecule has 10 heteroatoms. The predicted molar refractivity (Wildman–Crippen MR) is 160 cm³/mol. The Morgan fingerprint density at radius 3 is 2.35 bits per heavy atom. The van der Waals surface area contributed by atoms with Gasteiger partial charge in [-0.1, -0.05) is 58.4 Å². The summed E-state index contributed by atoms with van der Waals surface area (Å²) in [5, 5.41) is 14.1. The van der Waals surface area contributed by atoms with Gasteiger partial charge in [0.25, 0.3) is 5.91 Å². The van der Waals surface area contributed by atoms with E-state index in [9.17, 15) is 23.5 Å². The van der Waals surface area contributed by atoms with E-state index in [2.05, 4.69) is 26.0 Å². The van der Waals surface area contributed by atoms with Crippen LogP contribution < -0.4 is 14.8 Å². The van der Waals surface area contributed by atoms with Crippen LogP contribution in [0.15, 0.2) is 77.3 Å². The Labute approximate surface area is 255 Å². The summed E-state index contributed by atoms with van der Waals surface area (Å²) in [4.78, 5) is 31.7. The maximum atomic E-state index is 14.4. The van der Waals surface area contributed by atoms with Crippen LogP contribution in [0.25, 0.3) is 22.2 Å². The van der Waals surface area contributed by atoms with Gasteiger partial charge in [-0.25, -0.2) is 4.98 Å². The molecule has 1 atom stereocenters. The van der Waals surface area contributed by atoms with Gasteiger partial charge >= 0.3 is 12.6 Å². The first-order chi connectivity index (χ1) is 20.6. The number of nitrogens with zero attached hydrogens (tertiary/aromatic N) is 1. The second kappa shape index (κ2) is 11.2. The normalized spacial score (nSPS) is 22.9. The summed E-state index contributed by atoms with van der Waals surface area (Å²) in [6.07, 6.45) is 0.729. The third-order valence-corrected chi connectivity index (χ3v) is 9.40. The lowest BCUT2D eigenvalue weighted by Gasteiger charge is -2.55. The summed E-state index contributed by atoms with van der Waals surface area (Å²) in [6, 6.07) is 21.3. The van der Waals surface area contributed by atoms with Crippen molar-refractivity contribution in [2.24, 2.45) is 5.41 Å². The maximum Gasteiger partial charge on any atom is 0.387 e. The van der Waals surface area contributed by atoms with Crippen molar-refractivity contribution < 1.29 is 33.0 Å². The molecule has 1 amide bonds. The molecule has 7 nitrogen and oxygen atoms in total. The van der Waals surface area contributed by atoms with E-state index >= 15 is 0 Å². The number of aromatic nitrogens is 1. The molecule has 0 radical (unpaired) electrons. The van der Waals surface area contributed by atoms with Crippen molar-refractivity contribution in [3.63, 3.8) is 0 Å². The van der Waals surface area contributed by atoms with Crippen LogP contribution in [0.3, 0.4) is 0 Å². The fraction of sp³-hybridized carbons (Fsp3) is 0.303. The number of aliphatic carboxylic acids is 1. The molecule has 3 aromatic carbocycles. The highest BCUT2D eigenvalue weighted by atomic mass is 79.9. The number of alkyl halides is 2. The van der Waals surface area contributed by atoms with Gasteiger partial charge in [-0.2, -0.15) is 8.78 Å². The van der Waals surface area contributed by atoms with E-state index in [-0.39, 0.29) is 23.8 Å². The first-order valence-electron chi connectivity index (χ1n) is 14.0. The Morgan fingerprint density at radius 2 is 1.67 bits per heavy atom. The number of carbonyl (C=O) groups is 2. The summed E-state index contributed by atoms with van der Waals surface area (Å²) in [5.74, 6) is -1.35. The van der Waals surface area contributed by atoms with Crippen LogP contribution in [0.4, 0.5) is 8.78 Å². The monoisotopic (exact) mass is 650 g/mol. The molecule has 222 valence electrons. The zero-order valence-corrected chi connectivity index (χ0v) is 24.9. The first kappa shape index (κ1) is 29.0. The Hall–Kier alpha value is -4.05. The van der Waals surface area contributed by atoms with Gasteiger partial charge in [-0.3, -0.25) is 9.59 Å². The molecule has 0 spiro atoms. The molecule has 1 heterocycles. The van der Waals surface area contributed by atoms with E-state index < -0.39 is 29.6 Å². The highest BCUT2D eigenvalue weighted by molar-refractivity contribution is 9.10. The molecule has 1 unspecified atom stereocenters. The van der Waals surface area contributed by atoms with Crippen LogP contribution in [0.2, 0.25) is 0 Å². The van der Waals surface area contributed by atoms with Gasteiger partial charge in [0, 0.05) is 21.8 Å². The van der Waals surface area contributed by atoms with Crippen LogP contribution in [-0.2, 0) is 4.79 Å². The van der Waals surface area contributed by atoms with Gasteiger partial charge in [0.2, 0.25) is 0 Å². The molecule has 1 aromatic heterocycles. The standard InChI is InChI=1S/C33H29BrF2N2O5/c1-19-27(22-17-21(34)11-12-23(22)37-28(19)20-7-3-2-4-8-20)29(39)38-33-15-13-32(14-16-33,30(40)41)18-26(33)42-24-9-5-6-10-25(24)43-31(35)36/h2-12,17,26,31H,13-16,18H2,1H3,(H,38,39)(H,40,41). The lowest BCUT2D eigenvalue weighted by molar-refractivity contribution is -0.163. The summed E-state index contributed by atoms with van der Waals surface area (Å²) in [7, 11) is 0. The number of halogens is 3. The molecule has 0 saturated heterocycles. The number of amides is 1. The Bertz CT molecular complexity index is 1710. The van der Waals surface area contributed by atoms with E-state index in [1.165, 1.54) is 12.1 Å². The fourth-order valence-corrected chi connectivity index (χ4v) is 6.96. The summed E-state index contributed by atoms with van der Waals surface area (Å²) in [5.41, 5.74) is 1.40. The maximum absolute atomic E-state index is 14.4. The topological polar surface area (TPSA) is 97.8 Å². The average molecular weight is 652 g/mol. The van der Waals surface area contributed by atoms with Crippen molar-refractivity contribution in [2.75, 3.05) is 0 Å². The van der Waals surface area contributed by atoms with E-state index in [0.717, 1.165) is 10.0 Å². The SMILES string of the molecule is Cc1c(-c2ccccc2)nc2ccc(Br)cc2c1C(=O)NC12CCC(C(=O)O)(CC1)CC2Oc1ccccc1OC(F)F. The number of nitrogens with one attached hydrogen (secondary N) is 1. The zero-order chi connectivity index (χ0) is 30.4. The molecule has 4 aromatic rings. The number of fused-ring (bicyclic) bond motifs is 4. The minimum atomic E-state index is -3.06. The van der Waals surface area contributed by atoms with Gasteiger partial charge in [0.1, 0.15) is 6.10 Å². The van der Waals surface area contributed by atoms with E-state index in [1.54, 1.807) is 12.1 Å². The predicted octanol–water partition coefficient (Wildman–Crippen LogP) is 7.54. The summed E-state index contributed by atoms with van der Waals surface area (Å²) < 4.78 is 38.1. The van der Waals surface area contributed by atoms with E-state index in [4.69, 9.17) is 9.72 Å². The van der Waals surface area contributed by atoms with Gasteiger partial charge in [0.15, 0.2) is 11.5 Å². The molecule has 2 bridgehead atoms. The van der Waals surface area contributed by atoms with Crippen LogP contribution in [0.5, 0.6) is 11.5 Å². The number of pyridine rings is 1. The van der Waals surface area contributed by atoms with E-state index in [0.29, 0.717) is 53.4 Å². The summed E-state index contributed by atoms with van der Waals surface area (Å²) >= 11 is 3.52. The van der Waals surface area contributed by atoms with Gasteiger partial charge in [-0.15, -0.1) is 0 Å². The molecule has 3 fully saturated rings. The minimum absolute atomic E-state index is 0.0651. The fourth-order valence-electron chi connectivity index (χ4n) is 6.60. The smallest absolute Gasteiger partial charge is 0.387 e. The molecule has 7 rings (SSSR count). The van der Waals surface area contributed by atoms with Crippen molar-refractivity contribution in [3.8, 4) is 22.8 Å². The van der Waals surface area contributed by atoms with Crippen molar-refractivity contribution in [1.82, 2.24) is 10.3 Å². The average Bonchev–Trinajstić information content (AvgIpc) is 2.98. The summed E-state index contributed by atoms with van der Waals surface area (Å²) in [6.45, 7) is -1.20. The number of ether oxygens (including phenoxy) is 2. The van der Waals surface area contributed by atoms with Crippen molar-refractivity contribution >= 4 is 38.7 Å². The van der Waals surface area contributed by atoms with Gasteiger partial charge < -0.3 is 19.9 Å². The van der Waals surface area contributed by atoms with Crippen LogP contribution in [0.1, 0.15) is 48.0 Å². The minimum Gasteiger partial charge on any atom is -0.484 e. The van der Waals surface area contributed by atoms with Crippen LogP contribution in [-0.4, -0.2) is 40.2 Å². The molecule has 2 N–H and O–H groups in total. The molecule has 43 heavy (non-hydrogen) atoms. The quantitative estimate of drug-likeness (QED) is 0.204. The molecule has 3 aliphatic rings. The highest BCUT2D eigenvalue weighted by Crippen LogP contribution is 2.54. The molecule has 0 aliphatic heterocycles. The van der Waals surface area contributed by atoms with Crippen LogP contribution >= 0.6 is 15.9 Å². The van der Waals surface area contributed by atoms with Crippen molar-refractivity contribution in [2.45, 2.75) is 57.3 Å². The van der Waals surface area contributed by atoms with Gasteiger partial charge in [0.05, 0.1) is 27.7 Å².